The molecular formula is C12H20BrNO2S2. The molecule has 0 radical (unpaired) electrons. The predicted octanol–water partition coefficient (Wildman–Crippen LogP) is 3.53. The van der Waals surface area contributed by atoms with Gasteiger partial charge in [0.15, 0.2) is 0 Å². The number of alkyl halides is 1. The zero-order valence-electron chi connectivity index (χ0n) is 11.2. The van der Waals surface area contributed by atoms with Crippen LogP contribution in [0.4, 0.5) is 0 Å². The quantitative estimate of drug-likeness (QED) is 0.823. The van der Waals surface area contributed by atoms with Crippen molar-refractivity contribution < 1.29 is 8.42 Å². The molecule has 0 bridgehead atoms. The maximum absolute atomic E-state index is 12.3. The second-order valence-corrected chi connectivity index (χ2v) is 9.40. The molecule has 1 heterocycles. The molecule has 104 valence electrons. The van der Waals surface area contributed by atoms with E-state index in [4.69, 9.17) is 0 Å². The van der Waals surface area contributed by atoms with Gasteiger partial charge in [-0.1, -0.05) is 36.7 Å². The van der Waals surface area contributed by atoms with Crippen LogP contribution in [-0.2, 0) is 10.0 Å². The molecule has 18 heavy (non-hydrogen) atoms. The Morgan fingerprint density at radius 3 is 2.39 bits per heavy atom. The number of nitrogens with one attached hydrogen (secondary N) is 1. The molecule has 3 nitrogen and oxygen atoms in total. The number of thiophene rings is 1. The molecule has 0 saturated heterocycles. The Morgan fingerprint density at radius 2 is 2.00 bits per heavy atom. The molecule has 0 aliphatic rings. The van der Waals surface area contributed by atoms with Crippen LogP contribution in [0.2, 0.25) is 0 Å². The van der Waals surface area contributed by atoms with E-state index in [1.807, 2.05) is 33.8 Å². The van der Waals surface area contributed by atoms with Crippen LogP contribution >= 0.6 is 27.3 Å². The Balaban J connectivity index is 2.93. The van der Waals surface area contributed by atoms with Gasteiger partial charge >= 0.3 is 0 Å². The Kier molecular flexibility index (Phi) is 5.41. The van der Waals surface area contributed by atoms with Crippen LogP contribution in [0.3, 0.4) is 0 Å². The number of sulfonamides is 1. The topological polar surface area (TPSA) is 46.2 Å². The fourth-order valence-electron chi connectivity index (χ4n) is 1.58. The zero-order valence-corrected chi connectivity index (χ0v) is 14.4. The summed E-state index contributed by atoms with van der Waals surface area (Å²) >= 11 is 4.68. The summed E-state index contributed by atoms with van der Waals surface area (Å²) in [5.74, 6) is 0. The first-order valence-electron chi connectivity index (χ1n) is 5.81. The van der Waals surface area contributed by atoms with Gasteiger partial charge in [-0.25, -0.2) is 13.1 Å². The van der Waals surface area contributed by atoms with Crippen molar-refractivity contribution in [2.45, 2.75) is 44.4 Å². The van der Waals surface area contributed by atoms with Gasteiger partial charge in [-0.15, -0.1) is 11.3 Å². The largest absolute Gasteiger partial charge is 0.250 e. The zero-order chi connectivity index (χ0) is 14.0. The van der Waals surface area contributed by atoms with Crippen LogP contribution in [0.5, 0.6) is 0 Å². The molecule has 0 fully saturated rings. The van der Waals surface area contributed by atoms with E-state index in [1.54, 1.807) is 6.07 Å². The highest BCUT2D eigenvalue weighted by atomic mass is 79.9. The fourth-order valence-corrected chi connectivity index (χ4v) is 4.81. The Morgan fingerprint density at radius 1 is 1.39 bits per heavy atom. The maximum Gasteiger partial charge on any atom is 0.250 e. The number of hydrogen-bond donors (Lipinski definition) is 1. The lowest BCUT2D eigenvalue weighted by Crippen LogP contribution is -2.43. The van der Waals surface area contributed by atoms with Gasteiger partial charge in [-0.3, -0.25) is 0 Å². The van der Waals surface area contributed by atoms with Crippen molar-refractivity contribution >= 4 is 37.3 Å². The first-order chi connectivity index (χ1) is 8.16. The van der Waals surface area contributed by atoms with Crippen LogP contribution in [0.15, 0.2) is 16.3 Å². The minimum absolute atomic E-state index is 0.0794. The van der Waals surface area contributed by atoms with E-state index in [-0.39, 0.29) is 11.5 Å². The van der Waals surface area contributed by atoms with Gasteiger partial charge in [0.2, 0.25) is 10.0 Å². The maximum atomic E-state index is 12.3. The summed E-state index contributed by atoms with van der Waals surface area (Å²) in [6.45, 7) is 8.04. The summed E-state index contributed by atoms with van der Waals surface area (Å²) in [6.07, 6.45) is 0.771. The fraction of sp³-hybridized carbons (Fsp3) is 0.667. The normalized spacial score (nSPS) is 14.7. The van der Waals surface area contributed by atoms with Gasteiger partial charge in [-0.2, -0.15) is 0 Å². The lowest BCUT2D eigenvalue weighted by atomic mass is 9.86. The van der Waals surface area contributed by atoms with Crippen LogP contribution in [0, 0.1) is 12.3 Å². The summed E-state index contributed by atoms with van der Waals surface area (Å²) in [7, 11) is -3.40. The minimum Gasteiger partial charge on any atom is -0.207 e. The van der Waals surface area contributed by atoms with Gasteiger partial charge in [0, 0.05) is 16.2 Å². The summed E-state index contributed by atoms with van der Waals surface area (Å²) in [5, 5.41) is 0.779. The number of hydrogen-bond acceptors (Lipinski definition) is 3. The van der Waals surface area contributed by atoms with Crippen molar-refractivity contribution in [1.82, 2.24) is 4.72 Å². The van der Waals surface area contributed by atoms with Crippen molar-refractivity contribution in [1.29, 1.82) is 0 Å². The molecule has 0 aliphatic carbocycles. The molecule has 0 amide bonds. The van der Waals surface area contributed by atoms with E-state index >= 15 is 0 Å². The molecule has 0 aliphatic heterocycles. The summed E-state index contributed by atoms with van der Waals surface area (Å²) in [5.41, 5.74) is -0.104. The van der Waals surface area contributed by atoms with Gasteiger partial charge in [0.1, 0.15) is 4.21 Å². The highest BCUT2D eigenvalue weighted by Gasteiger charge is 2.29. The first-order valence-corrected chi connectivity index (χ1v) is 9.23. The third kappa shape index (κ3) is 4.33. The lowest BCUT2D eigenvalue weighted by Gasteiger charge is -2.30. The van der Waals surface area contributed by atoms with Crippen LogP contribution in [0.25, 0.3) is 0 Å². The van der Waals surface area contributed by atoms with Gasteiger partial charge < -0.3 is 0 Å². The highest BCUT2D eigenvalue weighted by molar-refractivity contribution is 9.09. The molecule has 1 N–H and O–H groups in total. The molecule has 6 heteroatoms. The van der Waals surface area contributed by atoms with Crippen LogP contribution < -0.4 is 4.72 Å². The van der Waals surface area contributed by atoms with E-state index in [0.717, 1.165) is 16.6 Å². The predicted molar refractivity (Wildman–Crippen MR) is 81.0 cm³/mol. The molecule has 1 aromatic heterocycles. The third-order valence-electron chi connectivity index (χ3n) is 2.72. The molecule has 1 rings (SSSR count). The number of rotatable bonds is 5. The average molecular weight is 354 g/mol. The Bertz CT molecular complexity index is 488. The van der Waals surface area contributed by atoms with Crippen molar-refractivity contribution in [3.05, 3.63) is 17.0 Å². The minimum atomic E-state index is -3.40. The highest BCUT2D eigenvalue weighted by Crippen LogP contribution is 2.26. The Labute approximate surface area is 122 Å². The smallest absolute Gasteiger partial charge is 0.207 e. The van der Waals surface area contributed by atoms with E-state index in [1.165, 1.54) is 11.3 Å². The van der Waals surface area contributed by atoms with Crippen molar-refractivity contribution in [2.24, 2.45) is 5.41 Å². The SMILES string of the molecule is Cc1ccc(S(=O)(=O)NC(CCBr)C(C)(C)C)s1. The molecule has 0 spiro atoms. The lowest BCUT2D eigenvalue weighted by molar-refractivity contribution is 0.293. The third-order valence-corrected chi connectivity index (χ3v) is 6.14. The number of aryl methyl sites for hydroxylation is 1. The number of halogens is 1. The van der Waals surface area contributed by atoms with Crippen molar-refractivity contribution in [3.8, 4) is 0 Å². The molecular weight excluding hydrogens is 334 g/mol. The molecule has 0 aromatic carbocycles. The standard InChI is InChI=1S/C12H20BrNO2S2/c1-9-5-6-11(17-9)18(15,16)14-10(7-8-13)12(2,3)4/h5-6,10,14H,7-8H2,1-4H3. The van der Waals surface area contributed by atoms with Gasteiger partial charge in [0.05, 0.1) is 0 Å². The monoisotopic (exact) mass is 353 g/mol. The summed E-state index contributed by atoms with van der Waals surface area (Å²) in [6, 6.07) is 3.41. The van der Waals surface area contributed by atoms with Gasteiger partial charge in [0.25, 0.3) is 0 Å². The van der Waals surface area contributed by atoms with E-state index in [2.05, 4.69) is 20.7 Å². The molecule has 1 aromatic rings. The van der Waals surface area contributed by atoms with Crippen LogP contribution in [0.1, 0.15) is 32.1 Å². The van der Waals surface area contributed by atoms with E-state index < -0.39 is 10.0 Å². The molecule has 1 unspecified atom stereocenters. The van der Waals surface area contributed by atoms with E-state index in [9.17, 15) is 8.42 Å². The van der Waals surface area contributed by atoms with Gasteiger partial charge in [-0.05, 0) is 30.9 Å². The molecule has 1 atom stereocenters. The van der Waals surface area contributed by atoms with E-state index in [0.29, 0.717) is 4.21 Å². The summed E-state index contributed by atoms with van der Waals surface area (Å²) < 4.78 is 27.7. The molecule has 0 saturated carbocycles. The second kappa shape index (κ2) is 6.03. The second-order valence-electron chi connectivity index (χ2n) is 5.38. The van der Waals surface area contributed by atoms with Crippen LogP contribution in [-0.4, -0.2) is 19.8 Å². The van der Waals surface area contributed by atoms with Crippen molar-refractivity contribution in [3.63, 3.8) is 0 Å². The Hall–Kier alpha value is 0.0900. The first kappa shape index (κ1) is 16.1. The van der Waals surface area contributed by atoms with Crippen molar-refractivity contribution in [2.75, 3.05) is 5.33 Å². The summed E-state index contributed by atoms with van der Waals surface area (Å²) in [4.78, 5) is 1.00. The average Bonchev–Trinajstić information content (AvgIpc) is 2.63.